The van der Waals surface area contributed by atoms with Crippen molar-refractivity contribution < 1.29 is 9.53 Å². The number of hydrogen-bond acceptors (Lipinski definition) is 4. The Morgan fingerprint density at radius 2 is 2.00 bits per heavy atom. The Morgan fingerprint density at radius 1 is 1.26 bits per heavy atom. The molecule has 2 atom stereocenters. The van der Waals surface area contributed by atoms with Crippen molar-refractivity contribution in [2.75, 3.05) is 39.4 Å². The van der Waals surface area contributed by atoms with Crippen LogP contribution in [0.15, 0.2) is 0 Å². The van der Waals surface area contributed by atoms with Gasteiger partial charge in [-0.15, -0.1) is 0 Å². The van der Waals surface area contributed by atoms with Crippen LogP contribution in [0.5, 0.6) is 0 Å². The highest BCUT2D eigenvalue weighted by molar-refractivity contribution is 5.81. The molecule has 0 bridgehead atoms. The number of nitrogens with two attached hydrogens (primary N) is 1. The summed E-state index contributed by atoms with van der Waals surface area (Å²) < 4.78 is 5.31. The van der Waals surface area contributed by atoms with E-state index in [0.717, 1.165) is 26.1 Å². The molecule has 2 unspecified atom stereocenters. The topological polar surface area (TPSA) is 58.8 Å². The van der Waals surface area contributed by atoms with Crippen LogP contribution in [0.25, 0.3) is 0 Å². The van der Waals surface area contributed by atoms with Crippen LogP contribution in [0.2, 0.25) is 0 Å². The van der Waals surface area contributed by atoms with Gasteiger partial charge in [0.25, 0.3) is 0 Å². The molecule has 0 saturated carbocycles. The average molecular weight is 269 g/mol. The number of rotatable bonds is 3. The van der Waals surface area contributed by atoms with Crippen molar-refractivity contribution in [2.45, 2.75) is 44.7 Å². The van der Waals surface area contributed by atoms with Gasteiger partial charge in [-0.05, 0) is 26.3 Å². The first-order chi connectivity index (χ1) is 9.24. The van der Waals surface area contributed by atoms with Gasteiger partial charge in [0.1, 0.15) is 0 Å². The normalized spacial score (nSPS) is 27.9. The minimum atomic E-state index is -0.0512. The molecule has 1 amide bonds. The van der Waals surface area contributed by atoms with Crippen molar-refractivity contribution in [1.82, 2.24) is 9.80 Å². The number of hydrogen-bond donors (Lipinski definition) is 1. The van der Waals surface area contributed by atoms with Crippen molar-refractivity contribution in [3.05, 3.63) is 0 Å². The van der Waals surface area contributed by atoms with Crippen LogP contribution in [0, 0.1) is 0 Å². The van der Waals surface area contributed by atoms with Gasteiger partial charge in [0, 0.05) is 25.7 Å². The maximum atomic E-state index is 12.6. The zero-order chi connectivity index (χ0) is 13.7. The van der Waals surface area contributed by atoms with Gasteiger partial charge in [-0.2, -0.15) is 0 Å². The number of morpholine rings is 1. The second kappa shape index (κ2) is 7.22. The molecular formula is C14H27N3O2. The molecule has 2 N–H and O–H groups in total. The maximum Gasteiger partial charge on any atom is 0.239 e. The summed E-state index contributed by atoms with van der Waals surface area (Å²) >= 11 is 0. The van der Waals surface area contributed by atoms with E-state index >= 15 is 0 Å². The third kappa shape index (κ3) is 3.68. The van der Waals surface area contributed by atoms with E-state index in [-0.39, 0.29) is 11.9 Å². The summed E-state index contributed by atoms with van der Waals surface area (Å²) in [6, 6.07) is 0.312. The van der Waals surface area contributed by atoms with Gasteiger partial charge in [0.15, 0.2) is 0 Å². The van der Waals surface area contributed by atoms with Crippen LogP contribution in [0.4, 0.5) is 0 Å². The molecule has 0 aliphatic carbocycles. The third-order valence-corrected chi connectivity index (χ3v) is 4.37. The molecule has 2 heterocycles. The first-order valence-corrected chi connectivity index (χ1v) is 7.56. The van der Waals surface area contributed by atoms with Gasteiger partial charge in [0.05, 0.1) is 19.3 Å². The molecule has 2 aliphatic rings. The quantitative estimate of drug-likeness (QED) is 0.807. The van der Waals surface area contributed by atoms with Crippen LogP contribution in [-0.4, -0.2) is 67.2 Å². The Bertz CT molecular complexity index is 292. The molecule has 2 saturated heterocycles. The van der Waals surface area contributed by atoms with Crippen LogP contribution in [-0.2, 0) is 9.53 Å². The highest BCUT2D eigenvalue weighted by Crippen LogP contribution is 2.19. The molecule has 0 radical (unpaired) electrons. The van der Waals surface area contributed by atoms with Gasteiger partial charge in [-0.25, -0.2) is 0 Å². The molecule has 0 aromatic heterocycles. The standard InChI is InChI=1S/C14H27N3O2/c1-12(14(18)16-7-9-19-10-8-16)17-6-4-2-3-5-13(17)11-15/h12-13H,2-11,15H2,1H3. The second-order valence-corrected chi connectivity index (χ2v) is 5.59. The summed E-state index contributed by atoms with van der Waals surface area (Å²) in [5.74, 6) is 0.239. The molecule has 19 heavy (non-hydrogen) atoms. The fourth-order valence-electron chi connectivity index (χ4n) is 3.15. The van der Waals surface area contributed by atoms with Crippen LogP contribution in [0.3, 0.4) is 0 Å². The smallest absolute Gasteiger partial charge is 0.239 e. The average Bonchev–Trinajstić information content (AvgIpc) is 2.71. The van der Waals surface area contributed by atoms with E-state index in [0.29, 0.717) is 25.8 Å². The predicted octanol–water partition coefficient (Wildman–Crippen LogP) is 0.437. The van der Waals surface area contributed by atoms with Crippen molar-refractivity contribution in [1.29, 1.82) is 0 Å². The fraction of sp³-hybridized carbons (Fsp3) is 0.929. The summed E-state index contributed by atoms with van der Waals surface area (Å²) in [5, 5.41) is 0. The van der Waals surface area contributed by atoms with Crippen molar-refractivity contribution in [3.63, 3.8) is 0 Å². The SMILES string of the molecule is CC(C(=O)N1CCOCC1)N1CCCCCC1CN. The lowest BCUT2D eigenvalue weighted by Gasteiger charge is -2.37. The molecular weight excluding hydrogens is 242 g/mol. The monoisotopic (exact) mass is 269 g/mol. The highest BCUT2D eigenvalue weighted by atomic mass is 16.5. The van der Waals surface area contributed by atoms with Crippen LogP contribution >= 0.6 is 0 Å². The Morgan fingerprint density at radius 3 is 2.68 bits per heavy atom. The van der Waals surface area contributed by atoms with Gasteiger partial charge in [-0.3, -0.25) is 9.69 Å². The summed E-state index contributed by atoms with van der Waals surface area (Å²) in [4.78, 5) is 16.8. The zero-order valence-electron chi connectivity index (χ0n) is 12.0. The number of ether oxygens (including phenoxy) is 1. The van der Waals surface area contributed by atoms with Crippen molar-refractivity contribution in [3.8, 4) is 0 Å². The summed E-state index contributed by atoms with van der Waals surface area (Å²) in [7, 11) is 0. The molecule has 110 valence electrons. The van der Waals surface area contributed by atoms with Crippen molar-refractivity contribution >= 4 is 5.91 Å². The largest absolute Gasteiger partial charge is 0.378 e. The number of carbonyl (C=O) groups excluding carboxylic acids is 1. The Hall–Kier alpha value is -0.650. The highest BCUT2D eigenvalue weighted by Gasteiger charge is 2.31. The first-order valence-electron chi connectivity index (χ1n) is 7.56. The minimum Gasteiger partial charge on any atom is -0.378 e. The summed E-state index contributed by atoms with van der Waals surface area (Å²) in [6.07, 6.45) is 4.79. The van der Waals surface area contributed by atoms with E-state index in [4.69, 9.17) is 10.5 Å². The molecule has 2 aliphatic heterocycles. The van der Waals surface area contributed by atoms with Crippen LogP contribution in [0.1, 0.15) is 32.6 Å². The molecule has 2 rings (SSSR count). The number of likely N-dealkylation sites (tertiary alicyclic amines) is 1. The van der Waals surface area contributed by atoms with Gasteiger partial charge >= 0.3 is 0 Å². The first kappa shape index (κ1) is 14.8. The summed E-state index contributed by atoms with van der Waals surface area (Å²) in [5.41, 5.74) is 5.89. The Balaban J connectivity index is 1.98. The van der Waals surface area contributed by atoms with E-state index < -0.39 is 0 Å². The van der Waals surface area contributed by atoms with E-state index in [1.54, 1.807) is 0 Å². The molecule has 0 spiro atoms. The third-order valence-electron chi connectivity index (χ3n) is 4.37. The van der Waals surface area contributed by atoms with E-state index in [1.807, 2.05) is 11.8 Å². The van der Waals surface area contributed by atoms with E-state index in [1.165, 1.54) is 19.3 Å². The second-order valence-electron chi connectivity index (χ2n) is 5.59. The number of nitrogens with zero attached hydrogens (tertiary/aromatic N) is 2. The maximum absolute atomic E-state index is 12.6. The summed E-state index contributed by atoms with van der Waals surface area (Å²) in [6.45, 7) is 6.47. The lowest BCUT2D eigenvalue weighted by molar-refractivity contribution is -0.141. The lowest BCUT2D eigenvalue weighted by Crippen LogP contribution is -2.54. The van der Waals surface area contributed by atoms with Gasteiger partial charge in [-0.1, -0.05) is 12.8 Å². The molecule has 0 aromatic carbocycles. The Labute approximate surface area is 116 Å². The molecule has 5 nitrogen and oxygen atoms in total. The number of amides is 1. The zero-order valence-corrected chi connectivity index (χ0v) is 12.0. The van der Waals surface area contributed by atoms with E-state index in [9.17, 15) is 4.79 Å². The molecule has 0 aromatic rings. The lowest BCUT2D eigenvalue weighted by atomic mass is 10.1. The fourth-order valence-corrected chi connectivity index (χ4v) is 3.15. The van der Waals surface area contributed by atoms with Crippen molar-refractivity contribution in [2.24, 2.45) is 5.73 Å². The minimum absolute atomic E-state index is 0.0512. The van der Waals surface area contributed by atoms with Crippen LogP contribution < -0.4 is 5.73 Å². The van der Waals surface area contributed by atoms with Gasteiger partial charge in [0.2, 0.25) is 5.91 Å². The predicted molar refractivity (Wildman–Crippen MR) is 74.9 cm³/mol. The Kier molecular flexibility index (Phi) is 5.60. The molecule has 5 heteroatoms. The molecule has 2 fully saturated rings. The van der Waals surface area contributed by atoms with E-state index in [2.05, 4.69) is 4.90 Å². The number of carbonyl (C=O) groups is 1. The van der Waals surface area contributed by atoms with Gasteiger partial charge < -0.3 is 15.4 Å².